The lowest BCUT2D eigenvalue weighted by molar-refractivity contribution is -0.0495. The summed E-state index contributed by atoms with van der Waals surface area (Å²) < 4.78 is 35.1. The topological polar surface area (TPSA) is 58.1 Å². The second-order valence-corrected chi connectivity index (χ2v) is 5.97. The van der Waals surface area contributed by atoms with Crippen molar-refractivity contribution in [2.24, 2.45) is 4.99 Å². The van der Waals surface area contributed by atoms with E-state index in [1.54, 1.807) is 25.2 Å². The average Bonchev–Trinajstić information content (AvgIpc) is 3.09. The van der Waals surface area contributed by atoms with E-state index in [-0.39, 0.29) is 11.8 Å². The highest BCUT2D eigenvalue weighted by atomic mass is 19.3. The second kappa shape index (κ2) is 10.8. The van der Waals surface area contributed by atoms with Crippen molar-refractivity contribution in [1.29, 1.82) is 0 Å². The van der Waals surface area contributed by atoms with Gasteiger partial charge in [0.25, 0.3) is 0 Å². The van der Waals surface area contributed by atoms with Crippen molar-refractivity contribution < 1.29 is 18.3 Å². The van der Waals surface area contributed by atoms with Gasteiger partial charge in [-0.1, -0.05) is 12.1 Å². The summed E-state index contributed by atoms with van der Waals surface area (Å²) in [4.78, 5) is 6.29. The molecule has 1 heterocycles. The average molecular weight is 370 g/mol. The van der Waals surface area contributed by atoms with Gasteiger partial charge in [0.15, 0.2) is 5.96 Å². The lowest BCUT2D eigenvalue weighted by Crippen LogP contribution is -2.45. The van der Waals surface area contributed by atoms with Crippen molar-refractivity contribution in [3.05, 3.63) is 24.3 Å². The van der Waals surface area contributed by atoms with Gasteiger partial charge in [0.05, 0.1) is 5.69 Å². The number of hydrogen-bond donors (Lipinski definition) is 2. The van der Waals surface area contributed by atoms with E-state index in [1.165, 1.54) is 0 Å². The fourth-order valence-electron chi connectivity index (χ4n) is 2.92. The number of para-hydroxylation sites is 2. The molecule has 1 aromatic rings. The molecule has 1 unspecified atom stereocenters. The molecule has 8 heteroatoms. The van der Waals surface area contributed by atoms with Gasteiger partial charge in [-0.05, 0) is 31.9 Å². The third-order valence-electron chi connectivity index (χ3n) is 4.14. The molecule has 26 heavy (non-hydrogen) atoms. The summed E-state index contributed by atoms with van der Waals surface area (Å²) in [5.74, 6) is 0.951. The largest absolute Gasteiger partial charge is 0.433 e. The van der Waals surface area contributed by atoms with E-state index in [2.05, 4.69) is 25.3 Å². The number of alkyl halides is 2. The minimum atomic E-state index is -2.83. The van der Waals surface area contributed by atoms with E-state index in [4.69, 9.17) is 4.74 Å². The number of rotatable bonds is 9. The zero-order valence-corrected chi connectivity index (χ0v) is 15.4. The predicted octanol–water partition coefficient (Wildman–Crippen LogP) is 2.46. The van der Waals surface area contributed by atoms with Crippen molar-refractivity contribution in [3.63, 3.8) is 0 Å². The second-order valence-electron chi connectivity index (χ2n) is 5.97. The molecule has 6 nitrogen and oxygen atoms in total. The number of guanidine groups is 1. The van der Waals surface area contributed by atoms with E-state index in [0.717, 1.165) is 45.1 Å². The quantitative estimate of drug-likeness (QED) is 0.397. The first-order chi connectivity index (χ1) is 12.6. The summed E-state index contributed by atoms with van der Waals surface area (Å²) >= 11 is 0. The number of anilines is 1. The SMILES string of the molecule is CCOCCCNC(=NC)NC1CCN(c2ccccc2OC(F)F)C1. The Balaban J connectivity index is 1.84. The summed E-state index contributed by atoms with van der Waals surface area (Å²) in [7, 11) is 1.73. The third-order valence-corrected chi connectivity index (χ3v) is 4.14. The first-order valence-corrected chi connectivity index (χ1v) is 8.97. The first kappa shape index (κ1) is 20.2. The van der Waals surface area contributed by atoms with Crippen LogP contribution < -0.4 is 20.3 Å². The number of nitrogens with one attached hydrogen (secondary N) is 2. The molecular formula is C18H28F2N4O2. The van der Waals surface area contributed by atoms with Crippen LogP contribution in [-0.2, 0) is 4.74 Å². The third kappa shape index (κ3) is 6.33. The number of aliphatic imine (C=N–C) groups is 1. The van der Waals surface area contributed by atoms with E-state index < -0.39 is 6.61 Å². The maximum absolute atomic E-state index is 12.6. The van der Waals surface area contributed by atoms with Crippen molar-refractivity contribution in [1.82, 2.24) is 10.6 Å². The van der Waals surface area contributed by atoms with Crippen molar-refractivity contribution >= 4 is 11.6 Å². The summed E-state index contributed by atoms with van der Waals surface area (Å²) in [5, 5.41) is 6.65. The van der Waals surface area contributed by atoms with Crippen LogP contribution in [0.2, 0.25) is 0 Å². The van der Waals surface area contributed by atoms with Crippen LogP contribution in [0.1, 0.15) is 19.8 Å². The molecule has 146 valence electrons. The molecule has 0 saturated carbocycles. The van der Waals surface area contributed by atoms with E-state index in [1.807, 2.05) is 13.0 Å². The Labute approximate surface area is 153 Å². The highest BCUT2D eigenvalue weighted by Gasteiger charge is 2.25. The van der Waals surface area contributed by atoms with Crippen LogP contribution in [0.4, 0.5) is 14.5 Å². The number of nitrogens with zero attached hydrogens (tertiary/aromatic N) is 2. The maximum atomic E-state index is 12.6. The molecule has 0 spiro atoms. The standard InChI is InChI=1S/C18H28F2N4O2/c1-3-25-12-6-10-22-18(21-2)23-14-9-11-24(13-14)15-7-4-5-8-16(15)26-17(19)20/h4-5,7-8,14,17H,3,6,9-13H2,1-2H3,(H2,21,22,23). The normalized spacial score (nSPS) is 17.7. The van der Waals surface area contributed by atoms with Gasteiger partial charge in [0, 0.05) is 45.9 Å². The summed E-state index contributed by atoms with van der Waals surface area (Å²) in [6.07, 6.45) is 1.80. The number of halogens is 2. The molecule has 0 aromatic heterocycles. The van der Waals surface area contributed by atoms with Crippen LogP contribution in [0.15, 0.2) is 29.3 Å². The van der Waals surface area contributed by atoms with Gasteiger partial charge in [-0.3, -0.25) is 4.99 Å². The van der Waals surface area contributed by atoms with Gasteiger partial charge in [0.2, 0.25) is 0 Å². The van der Waals surface area contributed by atoms with Crippen LogP contribution in [0.5, 0.6) is 5.75 Å². The van der Waals surface area contributed by atoms with Gasteiger partial charge >= 0.3 is 6.61 Å². The van der Waals surface area contributed by atoms with E-state index in [9.17, 15) is 8.78 Å². The van der Waals surface area contributed by atoms with Crippen LogP contribution >= 0.6 is 0 Å². The van der Waals surface area contributed by atoms with Crippen LogP contribution in [0.3, 0.4) is 0 Å². The van der Waals surface area contributed by atoms with Gasteiger partial charge in [0.1, 0.15) is 5.75 Å². The Morgan fingerprint density at radius 1 is 1.38 bits per heavy atom. The molecule has 1 aliphatic rings. The van der Waals surface area contributed by atoms with Crippen LogP contribution in [-0.4, -0.2) is 58.5 Å². The Bertz CT molecular complexity index is 572. The molecule has 0 radical (unpaired) electrons. The van der Waals surface area contributed by atoms with Crippen LogP contribution in [0.25, 0.3) is 0 Å². The number of ether oxygens (including phenoxy) is 2. The van der Waals surface area contributed by atoms with Gasteiger partial charge in [-0.15, -0.1) is 0 Å². The Morgan fingerprint density at radius 3 is 2.92 bits per heavy atom. The van der Waals surface area contributed by atoms with Crippen molar-refractivity contribution in [2.45, 2.75) is 32.4 Å². The van der Waals surface area contributed by atoms with Crippen LogP contribution in [0, 0.1) is 0 Å². The molecule has 1 atom stereocenters. The predicted molar refractivity (Wildman–Crippen MR) is 99.3 cm³/mol. The Kier molecular flexibility index (Phi) is 8.40. The molecule has 0 aliphatic carbocycles. The highest BCUT2D eigenvalue weighted by molar-refractivity contribution is 5.80. The van der Waals surface area contributed by atoms with E-state index >= 15 is 0 Å². The lowest BCUT2D eigenvalue weighted by atomic mass is 10.2. The minimum absolute atomic E-state index is 0.188. The Hall–Kier alpha value is -2.09. The maximum Gasteiger partial charge on any atom is 0.387 e. The number of benzene rings is 1. The van der Waals surface area contributed by atoms with E-state index in [0.29, 0.717) is 12.2 Å². The zero-order chi connectivity index (χ0) is 18.8. The van der Waals surface area contributed by atoms with Gasteiger partial charge in [-0.25, -0.2) is 0 Å². The highest BCUT2D eigenvalue weighted by Crippen LogP contribution is 2.31. The lowest BCUT2D eigenvalue weighted by Gasteiger charge is -2.22. The fourth-order valence-corrected chi connectivity index (χ4v) is 2.92. The van der Waals surface area contributed by atoms with Crippen molar-refractivity contribution in [2.75, 3.05) is 44.8 Å². The summed E-state index contributed by atoms with van der Waals surface area (Å²) in [6, 6.07) is 7.09. The molecule has 1 aliphatic heterocycles. The van der Waals surface area contributed by atoms with Gasteiger partial charge < -0.3 is 25.0 Å². The number of hydrogen-bond acceptors (Lipinski definition) is 4. The molecule has 0 bridgehead atoms. The van der Waals surface area contributed by atoms with Gasteiger partial charge in [-0.2, -0.15) is 8.78 Å². The molecule has 1 fully saturated rings. The minimum Gasteiger partial charge on any atom is -0.433 e. The monoisotopic (exact) mass is 370 g/mol. The summed E-state index contributed by atoms with van der Waals surface area (Å²) in [5.41, 5.74) is 0.691. The smallest absolute Gasteiger partial charge is 0.387 e. The molecule has 2 rings (SSSR count). The fraction of sp³-hybridized carbons (Fsp3) is 0.611. The molecular weight excluding hydrogens is 342 g/mol. The molecule has 0 amide bonds. The molecule has 2 N–H and O–H groups in total. The first-order valence-electron chi connectivity index (χ1n) is 8.97. The molecule has 1 aromatic carbocycles. The molecule has 1 saturated heterocycles. The Morgan fingerprint density at radius 2 is 2.19 bits per heavy atom. The van der Waals surface area contributed by atoms with Crippen molar-refractivity contribution in [3.8, 4) is 5.75 Å². The zero-order valence-electron chi connectivity index (χ0n) is 15.4. The summed E-state index contributed by atoms with van der Waals surface area (Å²) in [6.45, 7) is 2.84.